The SMILES string of the molecule is CCN(CC)c1ccc(/C=N\NC(=O)CSCc2cc(C)cc(C)c2)cc1. The van der Waals surface area contributed by atoms with Crippen LogP contribution in [-0.2, 0) is 10.5 Å². The molecule has 144 valence electrons. The molecule has 2 aromatic carbocycles. The van der Waals surface area contributed by atoms with Gasteiger partial charge in [-0.2, -0.15) is 5.10 Å². The Labute approximate surface area is 167 Å². The van der Waals surface area contributed by atoms with Crippen molar-refractivity contribution >= 4 is 29.6 Å². The van der Waals surface area contributed by atoms with E-state index in [1.54, 1.807) is 18.0 Å². The first-order chi connectivity index (χ1) is 13.0. The lowest BCUT2D eigenvalue weighted by atomic mass is 10.1. The van der Waals surface area contributed by atoms with Crippen LogP contribution in [0.25, 0.3) is 0 Å². The molecule has 27 heavy (non-hydrogen) atoms. The largest absolute Gasteiger partial charge is 0.372 e. The van der Waals surface area contributed by atoms with Gasteiger partial charge in [0.05, 0.1) is 12.0 Å². The van der Waals surface area contributed by atoms with Crippen LogP contribution in [0, 0.1) is 13.8 Å². The Hall–Kier alpha value is -2.27. The predicted octanol–water partition coefficient (Wildman–Crippen LogP) is 4.53. The third kappa shape index (κ3) is 7.10. The van der Waals surface area contributed by atoms with Gasteiger partial charge in [0.2, 0.25) is 5.91 Å². The topological polar surface area (TPSA) is 44.7 Å². The number of carbonyl (C=O) groups excluding carboxylic acids is 1. The fourth-order valence-electron chi connectivity index (χ4n) is 2.98. The van der Waals surface area contributed by atoms with Gasteiger partial charge in [-0.3, -0.25) is 4.79 Å². The lowest BCUT2D eigenvalue weighted by Gasteiger charge is -2.20. The van der Waals surface area contributed by atoms with E-state index in [4.69, 9.17) is 0 Å². The average Bonchev–Trinajstić information content (AvgIpc) is 2.63. The van der Waals surface area contributed by atoms with Gasteiger partial charge in [0.25, 0.3) is 0 Å². The molecule has 0 bridgehead atoms. The zero-order valence-electron chi connectivity index (χ0n) is 16.7. The number of rotatable bonds is 9. The zero-order valence-corrected chi connectivity index (χ0v) is 17.5. The Morgan fingerprint density at radius 1 is 1.07 bits per heavy atom. The smallest absolute Gasteiger partial charge is 0.250 e. The number of amides is 1. The maximum absolute atomic E-state index is 11.9. The predicted molar refractivity (Wildman–Crippen MR) is 118 cm³/mol. The van der Waals surface area contributed by atoms with Crippen LogP contribution in [0.5, 0.6) is 0 Å². The molecule has 0 aliphatic heterocycles. The molecule has 0 spiro atoms. The molecule has 0 heterocycles. The summed E-state index contributed by atoms with van der Waals surface area (Å²) in [5, 5.41) is 4.06. The monoisotopic (exact) mass is 383 g/mol. The molecule has 0 atom stereocenters. The van der Waals surface area contributed by atoms with Crippen molar-refractivity contribution in [3.8, 4) is 0 Å². The molecule has 1 N–H and O–H groups in total. The van der Waals surface area contributed by atoms with Crippen molar-refractivity contribution in [2.24, 2.45) is 5.10 Å². The van der Waals surface area contributed by atoms with Crippen molar-refractivity contribution in [3.63, 3.8) is 0 Å². The summed E-state index contributed by atoms with van der Waals surface area (Å²) in [7, 11) is 0. The third-order valence-electron chi connectivity index (χ3n) is 4.21. The maximum Gasteiger partial charge on any atom is 0.250 e. The molecule has 0 aliphatic carbocycles. The van der Waals surface area contributed by atoms with Gasteiger partial charge in [-0.15, -0.1) is 11.8 Å². The van der Waals surface area contributed by atoms with Gasteiger partial charge < -0.3 is 4.90 Å². The Morgan fingerprint density at radius 3 is 2.30 bits per heavy atom. The Kier molecular flexibility index (Phi) is 8.40. The first-order valence-corrected chi connectivity index (χ1v) is 10.5. The molecular weight excluding hydrogens is 354 g/mol. The average molecular weight is 384 g/mol. The first kappa shape index (κ1) is 21.0. The highest BCUT2D eigenvalue weighted by atomic mass is 32.2. The van der Waals surface area contributed by atoms with Crippen LogP contribution in [0.3, 0.4) is 0 Å². The summed E-state index contributed by atoms with van der Waals surface area (Å²) in [6.07, 6.45) is 1.68. The normalized spacial score (nSPS) is 11.0. The van der Waals surface area contributed by atoms with Crippen molar-refractivity contribution in [1.29, 1.82) is 0 Å². The van der Waals surface area contributed by atoms with Gasteiger partial charge in [-0.05, 0) is 51.0 Å². The van der Waals surface area contributed by atoms with E-state index in [1.165, 1.54) is 22.4 Å². The fourth-order valence-corrected chi connectivity index (χ4v) is 3.74. The summed E-state index contributed by atoms with van der Waals surface area (Å²) in [4.78, 5) is 14.2. The quantitative estimate of drug-likeness (QED) is 0.511. The molecule has 5 heteroatoms. The molecule has 0 aromatic heterocycles. The Balaban J connectivity index is 1.76. The molecule has 2 rings (SSSR count). The number of hydrogen-bond acceptors (Lipinski definition) is 4. The molecule has 4 nitrogen and oxygen atoms in total. The van der Waals surface area contributed by atoms with E-state index < -0.39 is 0 Å². The van der Waals surface area contributed by atoms with Gasteiger partial charge in [-0.25, -0.2) is 5.43 Å². The number of aryl methyl sites for hydroxylation is 2. The standard InChI is InChI=1S/C22H29N3OS/c1-5-25(6-2)21-9-7-19(8-10-21)14-23-24-22(26)16-27-15-20-12-17(3)11-18(4)13-20/h7-14H,5-6,15-16H2,1-4H3,(H,24,26)/b23-14-. The van der Waals surface area contributed by atoms with Crippen molar-refractivity contribution in [2.75, 3.05) is 23.7 Å². The van der Waals surface area contributed by atoms with E-state index in [1.807, 2.05) is 12.1 Å². The van der Waals surface area contributed by atoms with Crippen molar-refractivity contribution in [3.05, 3.63) is 64.7 Å². The van der Waals surface area contributed by atoms with Crippen LogP contribution >= 0.6 is 11.8 Å². The molecule has 0 radical (unpaired) electrons. The van der Waals surface area contributed by atoms with Crippen LogP contribution in [0.1, 0.15) is 36.1 Å². The molecule has 1 amide bonds. The maximum atomic E-state index is 11.9. The minimum Gasteiger partial charge on any atom is -0.372 e. The summed E-state index contributed by atoms with van der Waals surface area (Å²) in [6, 6.07) is 14.7. The summed E-state index contributed by atoms with van der Waals surface area (Å²) >= 11 is 1.60. The van der Waals surface area contributed by atoms with Crippen LogP contribution in [-0.4, -0.2) is 31.0 Å². The Morgan fingerprint density at radius 2 is 1.70 bits per heavy atom. The number of anilines is 1. The summed E-state index contributed by atoms with van der Waals surface area (Å²) in [5.74, 6) is 1.14. The van der Waals surface area contributed by atoms with Gasteiger partial charge in [0, 0.05) is 24.5 Å². The van der Waals surface area contributed by atoms with Crippen LogP contribution in [0.15, 0.2) is 47.6 Å². The highest BCUT2D eigenvalue weighted by Crippen LogP contribution is 2.16. The van der Waals surface area contributed by atoms with E-state index >= 15 is 0 Å². The van der Waals surface area contributed by atoms with Crippen LogP contribution < -0.4 is 10.3 Å². The van der Waals surface area contributed by atoms with Gasteiger partial charge in [0.15, 0.2) is 0 Å². The fraction of sp³-hybridized carbons (Fsp3) is 0.364. The van der Waals surface area contributed by atoms with Crippen molar-refractivity contribution < 1.29 is 4.79 Å². The lowest BCUT2D eigenvalue weighted by molar-refractivity contribution is -0.118. The second-order valence-electron chi connectivity index (χ2n) is 6.55. The van der Waals surface area contributed by atoms with E-state index in [0.29, 0.717) is 5.75 Å². The number of benzene rings is 2. The second-order valence-corrected chi connectivity index (χ2v) is 7.53. The molecule has 0 aliphatic rings. The van der Waals surface area contributed by atoms with E-state index in [-0.39, 0.29) is 5.91 Å². The highest BCUT2D eigenvalue weighted by Gasteiger charge is 2.03. The number of nitrogens with one attached hydrogen (secondary N) is 1. The summed E-state index contributed by atoms with van der Waals surface area (Å²) in [6.45, 7) is 10.5. The van der Waals surface area contributed by atoms with Gasteiger partial charge >= 0.3 is 0 Å². The van der Waals surface area contributed by atoms with E-state index in [0.717, 1.165) is 24.4 Å². The van der Waals surface area contributed by atoms with E-state index in [9.17, 15) is 4.79 Å². The summed E-state index contributed by atoms with van der Waals surface area (Å²) in [5.41, 5.74) is 8.53. The summed E-state index contributed by atoms with van der Waals surface area (Å²) < 4.78 is 0. The van der Waals surface area contributed by atoms with Crippen molar-refractivity contribution in [1.82, 2.24) is 5.43 Å². The molecule has 2 aromatic rings. The third-order valence-corrected chi connectivity index (χ3v) is 5.21. The molecule has 0 saturated heterocycles. The second kappa shape index (κ2) is 10.8. The molecule has 0 fully saturated rings. The molecule has 0 unspecified atom stereocenters. The minimum absolute atomic E-state index is 0.0830. The van der Waals surface area contributed by atoms with Crippen LogP contribution in [0.4, 0.5) is 5.69 Å². The number of carbonyl (C=O) groups is 1. The molecular formula is C22H29N3OS. The Bertz CT molecular complexity index is 747. The minimum atomic E-state index is -0.0830. The van der Waals surface area contributed by atoms with Crippen LogP contribution in [0.2, 0.25) is 0 Å². The van der Waals surface area contributed by atoms with Crippen molar-refractivity contribution in [2.45, 2.75) is 33.4 Å². The number of thioether (sulfide) groups is 1. The van der Waals surface area contributed by atoms with E-state index in [2.05, 4.69) is 73.5 Å². The number of hydrazone groups is 1. The lowest BCUT2D eigenvalue weighted by Crippen LogP contribution is -2.21. The highest BCUT2D eigenvalue weighted by molar-refractivity contribution is 7.99. The first-order valence-electron chi connectivity index (χ1n) is 9.33. The van der Waals surface area contributed by atoms with Gasteiger partial charge in [0.1, 0.15) is 0 Å². The molecule has 0 saturated carbocycles. The van der Waals surface area contributed by atoms with Gasteiger partial charge in [-0.1, -0.05) is 41.5 Å². The zero-order chi connectivity index (χ0) is 19.6. The number of nitrogens with zero attached hydrogens (tertiary/aromatic N) is 2. The number of hydrogen-bond donors (Lipinski definition) is 1.